The molecule has 2 fully saturated rings. The number of benzene rings is 1. The molecule has 0 saturated carbocycles. The van der Waals surface area contributed by atoms with Gasteiger partial charge < -0.3 is 14.9 Å². The second kappa shape index (κ2) is 6.80. The van der Waals surface area contributed by atoms with Crippen LogP contribution in [0.4, 0.5) is 0 Å². The maximum Gasteiger partial charge on any atom is 0.336 e. The van der Waals surface area contributed by atoms with Crippen molar-refractivity contribution in [2.24, 2.45) is 11.1 Å². The van der Waals surface area contributed by atoms with E-state index >= 15 is 0 Å². The number of fused-ring (bicyclic) bond motifs is 1. The van der Waals surface area contributed by atoms with Crippen LogP contribution in [0, 0.1) is 19.3 Å². The van der Waals surface area contributed by atoms with E-state index in [-0.39, 0.29) is 11.7 Å². The number of piperidine rings is 1. The molecule has 1 unspecified atom stereocenters. The lowest BCUT2D eigenvalue weighted by atomic mass is 9.76. The third kappa shape index (κ3) is 3.31. The smallest absolute Gasteiger partial charge is 0.336 e. The minimum absolute atomic E-state index is 0.232. The topological polar surface area (TPSA) is 68.7 Å². The van der Waals surface area contributed by atoms with Gasteiger partial charge in [0.1, 0.15) is 5.58 Å². The van der Waals surface area contributed by atoms with Crippen LogP contribution in [0.15, 0.2) is 27.4 Å². The Hall–Kier alpha value is -1.69. The van der Waals surface area contributed by atoms with Gasteiger partial charge in [-0.2, -0.15) is 0 Å². The third-order valence-corrected chi connectivity index (χ3v) is 6.30. The molecule has 1 aromatic heterocycles. The Balaban J connectivity index is 1.52. The number of likely N-dealkylation sites (tertiary alicyclic amines) is 1. The maximum absolute atomic E-state index is 12.0. The van der Waals surface area contributed by atoms with Gasteiger partial charge >= 0.3 is 5.63 Å². The van der Waals surface area contributed by atoms with Gasteiger partial charge in [0.2, 0.25) is 0 Å². The Morgan fingerprint density at radius 3 is 2.62 bits per heavy atom. The molecule has 1 atom stereocenters. The van der Waals surface area contributed by atoms with Crippen molar-refractivity contribution in [2.45, 2.75) is 45.8 Å². The quantitative estimate of drug-likeness (QED) is 0.857. The minimum atomic E-state index is -0.265. The Morgan fingerprint density at radius 2 is 1.92 bits per heavy atom. The maximum atomic E-state index is 12.0. The van der Waals surface area contributed by atoms with Crippen LogP contribution >= 0.6 is 0 Å². The van der Waals surface area contributed by atoms with Crippen molar-refractivity contribution in [3.05, 3.63) is 45.3 Å². The SMILES string of the molecule is Cc1cc2oc(=O)cc(CN3CCC4(CC3)COC(CN)C4)c2cc1C. The predicted octanol–water partition coefficient (Wildman–Crippen LogP) is 2.74. The van der Waals surface area contributed by atoms with Gasteiger partial charge in [-0.15, -0.1) is 0 Å². The third-order valence-electron chi connectivity index (χ3n) is 6.30. The molecular weight excluding hydrogens is 328 g/mol. The molecule has 4 rings (SSSR count). The second-order valence-electron chi connectivity index (χ2n) is 8.17. The molecule has 2 aliphatic rings. The summed E-state index contributed by atoms with van der Waals surface area (Å²) in [7, 11) is 0. The van der Waals surface area contributed by atoms with Crippen LogP contribution in [-0.4, -0.2) is 37.2 Å². The highest BCUT2D eigenvalue weighted by Crippen LogP contribution is 2.42. The van der Waals surface area contributed by atoms with Crippen LogP contribution in [0.1, 0.15) is 36.0 Å². The van der Waals surface area contributed by atoms with E-state index in [0.717, 1.165) is 62.0 Å². The van der Waals surface area contributed by atoms with Crippen molar-refractivity contribution in [3.8, 4) is 0 Å². The highest BCUT2D eigenvalue weighted by atomic mass is 16.5. The van der Waals surface area contributed by atoms with Gasteiger partial charge in [0.25, 0.3) is 0 Å². The Morgan fingerprint density at radius 1 is 1.19 bits per heavy atom. The number of aryl methyl sites for hydroxylation is 2. The van der Waals surface area contributed by atoms with E-state index in [9.17, 15) is 4.79 Å². The Bertz CT molecular complexity index is 865. The summed E-state index contributed by atoms with van der Waals surface area (Å²) < 4.78 is 11.3. The average molecular weight is 356 g/mol. The molecule has 5 nitrogen and oxygen atoms in total. The zero-order valence-corrected chi connectivity index (χ0v) is 15.7. The molecule has 3 heterocycles. The first kappa shape index (κ1) is 17.7. The van der Waals surface area contributed by atoms with E-state index in [1.807, 2.05) is 13.0 Å². The van der Waals surface area contributed by atoms with Crippen molar-refractivity contribution in [2.75, 3.05) is 26.2 Å². The molecule has 0 aliphatic carbocycles. The van der Waals surface area contributed by atoms with E-state index in [4.69, 9.17) is 14.9 Å². The fraction of sp³-hybridized carbons (Fsp3) is 0.571. The van der Waals surface area contributed by atoms with Gasteiger partial charge in [0.05, 0.1) is 12.7 Å². The predicted molar refractivity (Wildman–Crippen MR) is 102 cm³/mol. The fourth-order valence-corrected chi connectivity index (χ4v) is 4.44. The number of hydrogen-bond donors (Lipinski definition) is 1. The normalized spacial score (nSPS) is 23.1. The molecule has 0 amide bonds. The van der Waals surface area contributed by atoms with E-state index in [1.54, 1.807) is 6.07 Å². The highest BCUT2D eigenvalue weighted by Gasteiger charge is 2.41. The molecule has 26 heavy (non-hydrogen) atoms. The van der Waals surface area contributed by atoms with Crippen molar-refractivity contribution in [3.63, 3.8) is 0 Å². The molecular formula is C21H28N2O3. The summed E-state index contributed by atoms with van der Waals surface area (Å²) in [6, 6.07) is 5.78. The van der Waals surface area contributed by atoms with E-state index in [0.29, 0.717) is 17.5 Å². The van der Waals surface area contributed by atoms with E-state index in [1.165, 1.54) is 5.56 Å². The van der Waals surface area contributed by atoms with Crippen LogP contribution < -0.4 is 11.4 Å². The van der Waals surface area contributed by atoms with E-state index < -0.39 is 0 Å². The summed E-state index contributed by atoms with van der Waals surface area (Å²) in [6.07, 6.45) is 3.60. The molecule has 1 spiro atoms. The molecule has 2 saturated heterocycles. The first-order valence-corrected chi connectivity index (χ1v) is 9.56. The van der Waals surface area contributed by atoms with E-state index in [2.05, 4.69) is 17.9 Å². The molecule has 2 aliphatic heterocycles. The zero-order chi connectivity index (χ0) is 18.3. The largest absolute Gasteiger partial charge is 0.423 e. The first-order valence-electron chi connectivity index (χ1n) is 9.56. The van der Waals surface area contributed by atoms with Crippen LogP contribution in [0.2, 0.25) is 0 Å². The Kier molecular flexibility index (Phi) is 4.63. The molecule has 0 bridgehead atoms. The van der Waals surface area contributed by atoms with Crippen molar-refractivity contribution in [1.29, 1.82) is 0 Å². The summed E-state index contributed by atoms with van der Waals surface area (Å²) in [4.78, 5) is 14.5. The number of rotatable bonds is 3. The van der Waals surface area contributed by atoms with Gasteiger partial charge in [-0.3, -0.25) is 4.90 Å². The van der Waals surface area contributed by atoms with Crippen molar-refractivity contribution >= 4 is 11.0 Å². The van der Waals surface area contributed by atoms with Crippen LogP contribution in [0.25, 0.3) is 11.0 Å². The van der Waals surface area contributed by atoms with Crippen molar-refractivity contribution < 1.29 is 9.15 Å². The summed E-state index contributed by atoms with van der Waals surface area (Å²) in [6.45, 7) is 8.48. The van der Waals surface area contributed by atoms with Crippen molar-refractivity contribution in [1.82, 2.24) is 4.90 Å². The summed E-state index contributed by atoms with van der Waals surface area (Å²) in [5.74, 6) is 0. The molecule has 140 valence electrons. The van der Waals surface area contributed by atoms with Gasteiger partial charge in [-0.1, -0.05) is 0 Å². The molecule has 1 aromatic carbocycles. The van der Waals surface area contributed by atoms with Crippen LogP contribution in [-0.2, 0) is 11.3 Å². The van der Waals surface area contributed by atoms with Gasteiger partial charge in [-0.05, 0) is 80.4 Å². The first-order chi connectivity index (χ1) is 12.5. The second-order valence-corrected chi connectivity index (χ2v) is 8.17. The van der Waals surface area contributed by atoms with Crippen LogP contribution in [0.3, 0.4) is 0 Å². The number of hydrogen-bond acceptors (Lipinski definition) is 5. The van der Waals surface area contributed by atoms with Gasteiger partial charge in [-0.25, -0.2) is 4.79 Å². The summed E-state index contributed by atoms with van der Waals surface area (Å²) >= 11 is 0. The van der Waals surface area contributed by atoms with Gasteiger partial charge in [0.15, 0.2) is 0 Å². The van der Waals surface area contributed by atoms with Crippen LogP contribution in [0.5, 0.6) is 0 Å². The molecule has 2 N–H and O–H groups in total. The average Bonchev–Trinajstić information content (AvgIpc) is 3.02. The lowest BCUT2D eigenvalue weighted by Gasteiger charge is -2.38. The lowest BCUT2D eigenvalue weighted by Crippen LogP contribution is -2.40. The lowest BCUT2D eigenvalue weighted by molar-refractivity contribution is 0.0649. The molecule has 2 aromatic rings. The Labute approximate surface area is 154 Å². The van der Waals surface area contributed by atoms with Gasteiger partial charge in [0, 0.05) is 24.5 Å². The number of nitrogens with zero attached hydrogens (tertiary/aromatic N) is 1. The zero-order valence-electron chi connectivity index (χ0n) is 15.7. The number of nitrogens with two attached hydrogens (primary N) is 1. The summed E-state index contributed by atoms with van der Waals surface area (Å²) in [5, 5.41) is 1.06. The summed E-state index contributed by atoms with van der Waals surface area (Å²) in [5.41, 5.74) is 9.95. The minimum Gasteiger partial charge on any atom is -0.423 e. The fourth-order valence-electron chi connectivity index (χ4n) is 4.44. The highest BCUT2D eigenvalue weighted by molar-refractivity contribution is 5.81. The molecule has 0 radical (unpaired) electrons. The standard InChI is InChI=1S/C21H28N2O3/c1-14-7-18-16(9-20(24)26-19(18)8-15(14)2)12-23-5-3-21(4-6-23)10-17(11-22)25-13-21/h7-9,17H,3-6,10-13,22H2,1-2H3. The number of ether oxygens (including phenoxy) is 1. The monoisotopic (exact) mass is 356 g/mol. The molecule has 5 heteroatoms.